The van der Waals surface area contributed by atoms with Gasteiger partial charge in [-0.2, -0.15) is 5.06 Å². The van der Waals surface area contributed by atoms with Crippen LogP contribution in [0.25, 0.3) is 0 Å². The summed E-state index contributed by atoms with van der Waals surface area (Å²) in [6, 6.07) is 7.78. The van der Waals surface area contributed by atoms with Crippen LogP contribution in [0.5, 0.6) is 0 Å². The van der Waals surface area contributed by atoms with Crippen LogP contribution in [-0.2, 0) is 9.63 Å². The fourth-order valence-corrected chi connectivity index (χ4v) is 3.87. The summed E-state index contributed by atoms with van der Waals surface area (Å²) >= 11 is 1.67. The van der Waals surface area contributed by atoms with E-state index in [-0.39, 0.29) is 17.6 Å². The summed E-state index contributed by atoms with van der Waals surface area (Å²) in [7, 11) is 0. The number of nitrogens with zero attached hydrogens (tertiary/aromatic N) is 2. The number of thioether (sulfide) groups is 1. The number of benzene rings is 1. The quantitative estimate of drug-likeness (QED) is 0.575. The van der Waals surface area contributed by atoms with Gasteiger partial charge in [-0.05, 0) is 37.7 Å². The van der Waals surface area contributed by atoms with Crippen LogP contribution < -0.4 is 0 Å². The molecule has 0 radical (unpaired) electrons. The number of ketones is 1. The zero-order valence-corrected chi connectivity index (χ0v) is 15.6. The van der Waals surface area contributed by atoms with E-state index in [2.05, 4.69) is 0 Å². The molecule has 0 bridgehead atoms. The smallest absolute Gasteiger partial charge is 0.223 e. The van der Waals surface area contributed by atoms with Crippen molar-refractivity contribution in [3.05, 3.63) is 29.8 Å². The monoisotopic (exact) mass is 362 g/mol. The van der Waals surface area contributed by atoms with E-state index >= 15 is 0 Å². The molecule has 1 aromatic rings. The van der Waals surface area contributed by atoms with Crippen molar-refractivity contribution in [2.75, 3.05) is 39.0 Å². The summed E-state index contributed by atoms with van der Waals surface area (Å²) in [5, 5.41) is 1.87. The highest BCUT2D eigenvalue weighted by Gasteiger charge is 2.29. The first kappa shape index (κ1) is 18.4. The zero-order valence-electron chi connectivity index (χ0n) is 14.8. The number of rotatable bonds is 6. The highest BCUT2D eigenvalue weighted by Crippen LogP contribution is 2.23. The maximum Gasteiger partial charge on any atom is 0.223 e. The molecule has 0 spiro atoms. The minimum absolute atomic E-state index is 0.0825. The van der Waals surface area contributed by atoms with E-state index in [1.165, 1.54) is 0 Å². The van der Waals surface area contributed by atoms with Gasteiger partial charge in [-0.15, -0.1) is 11.8 Å². The number of carbonyl (C=O) groups excluding carboxylic acids is 2. The van der Waals surface area contributed by atoms with Crippen LogP contribution in [0, 0.1) is 5.92 Å². The van der Waals surface area contributed by atoms with Crippen molar-refractivity contribution in [1.29, 1.82) is 0 Å². The van der Waals surface area contributed by atoms with Crippen molar-refractivity contribution in [1.82, 2.24) is 9.96 Å². The molecule has 0 aromatic heterocycles. The van der Waals surface area contributed by atoms with E-state index in [1.54, 1.807) is 11.8 Å². The van der Waals surface area contributed by atoms with Crippen molar-refractivity contribution in [2.45, 2.75) is 30.6 Å². The van der Waals surface area contributed by atoms with Crippen molar-refractivity contribution in [3.63, 3.8) is 0 Å². The molecule has 2 heterocycles. The second-order valence-electron chi connectivity index (χ2n) is 6.64. The van der Waals surface area contributed by atoms with Gasteiger partial charge in [0.15, 0.2) is 5.78 Å². The fourth-order valence-electron chi connectivity index (χ4n) is 3.46. The van der Waals surface area contributed by atoms with Gasteiger partial charge in [0.2, 0.25) is 5.91 Å². The molecular weight excluding hydrogens is 336 g/mol. The van der Waals surface area contributed by atoms with Gasteiger partial charge in [-0.3, -0.25) is 14.4 Å². The van der Waals surface area contributed by atoms with Gasteiger partial charge in [0, 0.05) is 49.0 Å². The van der Waals surface area contributed by atoms with Gasteiger partial charge in [0.1, 0.15) is 0 Å². The van der Waals surface area contributed by atoms with E-state index < -0.39 is 0 Å². The highest BCUT2D eigenvalue weighted by atomic mass is 32.2. The topological polar surface area (TPSA) is 49.9 Å². The highest BCUT2D eigenvalue weighted by molar-refractivity contribution is 7.98. The number of carbonyl (C=O) groups is 2. The number of piperidine rings is 1. The van der Waals surface area contributed by atoms with Crippen molar-refractivity contribution >= 4 is 23.5 Å². The second-order valence-corrected chi connectivity index (χ2v) is 7.52. The molecule has 2 aliphatic rings. The average molecular weight is 362 g/mol. The van der Waals surface area contributed by atoms with E-state index in [1.807, 2.05) is 40.5 Å². The Morgan fingerprint density at radius 1 is 1.20 bits per heavy atom. The maximum atomic E-state index is 12.8. The number of hydroxylamine groups is 2. The lowest BCUT2D eigenvalue weighted by Crippen LogP contribution is -2.43. The molecule has 1 amide bonds. The molecule has 1 aromatic carbocycles. The molecule has 5 nitrogen and oxygen atoms in total. The van der Waals surface area contributed by atoms with Gasteiger partial charge in [0.05, 0.1) is 6.61 Å². The Bertz CT molecular complexity index is 599. The predicted molar refractivity (Wildman–Crippen MR) is 98.6 cm³/mol. The molecule has 2 saturated heterocycles. The Kier molecular flexibility index (Phi) is 6.51. The summed E-state index contributed by atoms with van der Waals surface area (Å²) < 4.78 is 0. The SMILES string of the molecule is CSc1ccc(C(=O)[C@@H]2CCCN(C(=O)CCN3CCCO3)C2)cc1. The summed E-state index contributed by atoms with van der Waals surface area (Å²) in [5.41, 5.74) is 0.752. The first-order chi connectivity index (χ1) is 12.2. The second kappa shape index (κ2) is 8.83. The summed E-state index contributed by atoms with van der Waals surface area (Å²) in [4.78, 5) is 33.7. The summed E-state index contributed by atoms with van der Waals surface area (Å²) in [5.74, 6) is 0.208. The lowest BCUT2D eigenvalue weighted by Gasteiger charge is -2.32. The number of hydrogen-bond donors (Lipinski definition) is 0. The Hall–Kier alpha value is -1.37. The van der Waals surface area contributed by atoms with Gasteiger partial charge in [-0.25, -0.2) is 0 Å². The van der Waals surface area contributed by atoms with Gasteiger partial charge >= 0.3 is 0 Å². The largest absolute Gasteiger partial charge is 0.342 e. The summed E-state index contributed by atoms with van der Waals surface area (Å²) in [6.45, 7) is 3.60. The molecule has 0 unspecified atom stereocenters. The Morgan fingerprint density at radius 3 is 2.68 bits per heavy atom. The van der Waals surface area contributed by atoms with Crippen LogP contribution in [0.1, 0.15) is 36.0 Å². The third kappa shape index (κ3) is 4.84. The van der Waals surface area contributed by atoms with E-state index in [0.29, 0.717) is 19.5 Å². The van der Waals surface area contributed by atoms with Crippen molar-refractivity contribution in [2.24, 2.45) is 5.92 Å². The predicted octanol–water partition coefficient (Wildman–Crippen LogP) is 2.86. The number of hydrogen-bond acceptors (Lipinski definition) is 5. The van der Waals surface area contributed by atoms with Gasteiger partial charge in [-0.1, -0.05) is 12.1 Å². The zero-order chi connectivity index (χ0) is 17.6. The van der Waals surface area contributed by atoms with Crippen molar-refractivity contribution < 1.29 is 14.4 Å². The molecule has 6 heteroatoms. The van der Waals surface area contributed by atoms with Crippen LogP contribution >= 0.6 is 11.8 Å². The number of likely N-dealkylation sites (tertiary alicyclic amines) is 1. The first-order valence-electron chi connectivity index (χ1n) is 9.01. The number of amides is 1. The molecule has 0 aliphatic carbocycles. The van der Waals surface area contributed by atoms with Crippen LogP contribution in [0.2, 0.25) is 0 Å². The van der Waals surface area contributed by atoms with E-state index in [9.17, 15) is 9.59 Å². The Balaban J connectivity index is 1.54. The number of Topliss-reactive ketones (excluding diaryl/α,β-unsaturated/α-hetero) is 1. The lowest BCUT2D eigenvalue weighted by atomic mass is 9.90. The Labute approximate surface area is 153 Å². The average Bonchev–Trinajstić information content (AvgIpc) is 3.19. The third-order valence-electron chi connectivity index (χ3n) is 4.92. The fraction of sp³-hybridized carbons (Fsp3) is 0.579. The maximum absolute atomic E-state index is 12.8. The minimum Gasteiger partial charge on any atom is -0.342 e. The molecule has 136 valence electrons. The molecular formula is C19H26N2O3S. The van der Waals surface area contributed by atoms with Crippen LogP contribution in [0.3, 0.4) is 0 Å². The van der Waals surface area contributed by atoms with Gasteiger partial charge < -0.3 is 4.90 Å². The van der Waals surface area contributed by atoms with E-state index in [0.717, 1.165) is 49.4 Å². The van der Waals surface area contributed by atoms with Crippen LogP contribution in [-0.4, -0.2) is 60.7 Å². The van der Waals surface area contributed by atoms with Gasteiger partial charge in [0.25, 0.3) is 0 Å². The molecule has 0 saturated carbocycles. The molecule has 2 aliphatic heterocycles. The first-order valence-corrected chi connectivity index (χ1v) is 10.2. The summed E-state index contributed by atoms with van der Waals surface area (Å²) in [6.07, 6.45) is 5.27. The molecule has 2 fully saturated rings. The normalized spacial score (nSPS) is 21.5. The minimum atomic E-state index is -0.0825. The molecule has 0 N–H and O–H groups in total. The lowest BCUT2D eigenvalue weighted by molar-refractivity contribution is -0.139. The van der Waals surface area contributed by atoms with E-state index in [4.69, 9.17) is 4.84 Å². The molecule has 1 atom stereocenters. The molecule has 3 rings (SSSR count). The molecule has 25 heavy (non-hydrogen) atoms. The van der Waals surface area contributed by atoms with Crippen LogP contribution in [0.4, 0.5) is 0 Å². The Morgan fingerprint density at radius 2 is 2.00 bits per heavy atom. The third-order valence-corrected chi connectivity index (χ3v) is 5.66. The van der Waals surface area contributed by atoms with Crippen molar-refractivity contribution in [3.8, 4) is 0 Å². The van der Waals surface area contributed by atoms with Crippen LogP contribution in [0.15, 0.2) is 29.2 Å². The standard InChI is InChI=1S/C19H26N2O3S/c1-25-17-7-5-15(6-8-17)19(23)16-4-2-10-20(14-16)18(22)9-12-21-11-3-13-24-21/h5-8,16H,2-4,9-14H2,1H3/t16-/m1/s1.